The van der Waals surface area contributed by atoms with Crippen LogP contribution in [0.1, 0.15) is 16.7 Å². The molecule has 0 spiro atoms. The molecule has 32 heavy (non-hydrogen) atoms. The molecule has 0 aromatic heterocycles. The van der Waals surface area contributed by atoms with Crippen LogP contribution in [-0.4, -0.2) is 22.2 Å². The maximum Gasteiger partial charge on any atom is 0.241 e. The summed E-state index contributed by atoms with van der Waals surface area (Å²) in [5, 5.41) is 24.4. The standard InChI is InChI=1S/C27H28N2O3/c1-3-9-18-13-8-14-20(15-18)22-17-21(10-4-2)25(30)24(26(22)31)29-27(32)23(28)16-19-11-6-5-7-12-19/h3-8,11-15,17,23,30-31H,1-2,9-10,16,28H2,(H,29,32). The third kappa shape index (κ3) is 5.25. The van der Waals surface area contributed by atoms with Gasteiger partial charge >= 0.3 is 0 Å². The molecule has 0 fully saturated rings. The van der Waals surface area contributed by atoms with Crippen LogP contribution < -0.4 is 11.1 Å². The smallest absolute Gasteiger partial charge is 0.241 e. The summed E-state index contributed by atoms with van der Waals surface area (Å²) in [6.45, 7) is 7.50. The topological polar surface area (TPSA) is 95.6 Å². The summed E-state index contributed by atoms with van der Waals surface area (Å²) < 4.78 is 0. The molecule has 5 heteroatoms. The van der Waals surface area contributed by atoms with Crippen molar-refractivity contribution < 1.29 is 15.0 Å². The number of phenolic OH excluding ortho intramolecular Hbond substituents is 2. The molecule has 0 aliphatic heterocycles. The molecule has 0 heterocycles. The molecular weight excluding hydrogens is 400 g/mol. The number of phenols is 2. The Labute approximate surface area is 188 Å². The molecule has 1 atom stereocenters. The van der Waals surface area contributed by atoms with Gasteiger partial charge in [-0.1, -0.05) is 66.7 Å². The first-order chi connectivity index (χ1) is 15.4. The van der Waals surface area contributed by atoms with Crippen molar-refractivity contribution in [3.8, 4) is 22.6 Å². The molecule has 3 aromatic carbocycles. The highest BCUT2D eigenvalue weighted by molar-refractivity contribution is 5.99. The van der Waals surface area contributed by atoms with E-state index >= 15 is 0 Å². The van der Waals surface area contributed by atoms with E-state index < -0.39 is 11.9 Å². The Morgan fingerprint density at radius 1 is 0.938 bits per heavy atom. The molecule has 5 nitrogen and oxygen atoms in total. The van der Waals surface area contributed by atoms with Gasteiger partial charge in [-0.15, -0.1) is 13.2 Å². The van der Waals surface area contributed by atoms with Crippen LogP contribution in [-0.2, 0) is 24.1 Å². The summed E-state index contributed by atoms with van der Waals surface area (Å²) in [5.41, 5.74) is 9.79. The van der Waals surface area contributed by atoms with Gasteiger partial charge in [0.05, 0.1) is 6.04 Å². The minimum absolute atomic E-state index is 0.0537. The van der Waals surface area contributed by atoms with Crippen LogP contribution in [0, 0.1) is 0 Å². The molecule has 0 saturated carbocycles. The van der Waals surface area contributed by atoms with E-state index in [1.165, 1.54) is 0 Å². The fraction of sp³-hybridized carbons (Fsp3) is 0.148. The van der Waals surface area contributed by atoms with Crippen LogP contribution in [0.5, 0.6) is 11.5 Å². The van der Waals surface area contributed by atoms with E-state index in [-0.39, 0.29) is 17.2 Å². The maximum absolute atomic E-state index is 12.8. The first kappa shape index (κ1) is 22.8. The Hall–Kier alpha value is -3.83. The molecule has 1 unspecified atom stereocenters. The largest absolute Gasteiger partial charge is 0.505 e. The van der Waals surface area contributed by atoms with Gasteiger partial charge < -0.3 is 21.3 Å². The molecule has 0 radical (unpaired) electrons. The van der Waals surface area contributed by atoms with Crippen molar-refractivity contribution in [1.29, 1.82) is 0 Å². The highest BCUT2D eigenvalue weighted by Gasteiger charge is 2.22. The van der Waals surface area contributed by atoms with E-state index in [1.54, 1.807) is 18.2 Å². The lowest BCUT2D eigenvalue weighted by atomic mass is 9.96. The monoisotopic (exact) mass is 428 g/mol. The van der Waals surface area contributed by atoms with Crippen LogP contribution >= 0.6 is 0 Å². The number of nitrogens with two attached hydrogens (primary N) is 1. The SMILES string of the molecule is C=CCc1cccc(-c2cc(CC=C)c(O)c(NC(=O)C(N)Cc3ccccc3)c2O)c1. The third-order valence-corrected chi connectivity index (χ3v) is 5.22. The molecule has 1 amide bonds. The quantitative estimate of drug-likeness (QED) is 0.293. The predicted octanol–water partition coefficient (Wildman–Crippen LogP) is 4.73. The molecule has 3 aromatic rings. The molecule has 0 aliphatic rings. The average Bonchev–Trinajstić information content (AvgIpc) is 2.79. The van der Waals surface area contributed by atoms with E-state index in [0.717, 1.165) is 16.7 Å². The summed E-state index contributed by atoms with van der Waals surface area (Å²) in [5.74, 6) is -0.915. The lowest BCUT2D eigenvalue weighted by Crippen LogP contribution is -2.37. The van der Waals surface area contributed by atoms with Gasteiger partial charge in [-0.2, -0.15) is 0 Å². The number of carbonyl (C=O) groups excluding carboxylic acids is 1. The fourth-order valence-electron chi connectivity index (χ4n) is 3.58. The number of carbonyl (C=O) groups is 1. The van der Waals surface area contributed by atoms with Crippen molar-refractivity contribution in [2.75, 3.05) is 5.32 Å². The summed E-state index contributed by atoms with van der Waals surface area (Å²) in [6, 6.07) is 18.0. The van der Waals surface area contributed by atoms with Crippen LogP contribution in [0.15, 0.2) is 86.0 Å². The number of benzene rings is 3. The maximum atomic E-state index is 12.8. The van der Waals surface area contributed by atoms with Gasteiger partial charge in [0.2, 0.25) is 5.91 Å². The minimum atomic E-state index is -0.848. The fourth-order valence-corrected chi connectivity index (χ4v) is 3.58. The number of hydrogen-bond donors (Lipinski definition) is 4. The predicted molar refractivity (Wildman–Crippen MR) is 130 cm³/mol. The van der Waals surface area contributed by atoms with Crippen molar-refractivity contribution in [3.63, 3.8) is 0 Å². The van der Waals surface area contributed by atoms with Gasteiger partial charge in [-0.05, 0) is 42.0 Å². The zero-order valence-electron chi connectivity index (χ0n) is 17.9. The lowest BCUT2D eigenvalue weighted by molar-refractivity contribution is -0.117. The number of allylic oxidation sites excluding steroid dienone is 2. The molecular formula is C27H28N2O3. The second kappa shape index (κ2) is 10.5. The first-order valence-corrected chi connectivity index (χ1v) is 10.4. The number of aromatic hydroxyl groups is 2. The summed E-state index contributed by atoms with van der Waals surface area (Å²) in [4.78, 5) is 12.8. The average molecular weight is 429 g/mol. The third-order valence-electron chi connectivity index (χ3n) is 5.22. The Bertz CT molecular complexity index is 1120. The van der Waals surface area contributed by atoms with E-state index in [1.807, 2.05) is 54.6 Å². The first-order valence-electron chi connectivity index (χ1n) is 10.4. The zero-order chi connectivity index (χ0) is 23.1. The van der Waals surface area contributed by atoms with Gasteiger partial charge in [-0.25, -0.2) is 0 Å². The molecule has 164 valence electrons. The van der Waals surface area contributed by atoms with Crippen molar-refractivity contribution in [3.05, 3.63) is 103 Å². The molecule has 0 bridgehead atoms. The van der Waals surface area contributed by atoms with Gasteiger partial charge in [0.25, 0.3) is 0 Å². The second-order valence-corrected chi connectivity index (χ2v) is 7.63. The Morgan fingerprint density at radius 2 is 1.62 bits per heavy atom. The van der Waals surface area contributed by atoms with Crippen LogP contribution in [0.3, 0.4) is 0 Å². The van der Waals surface area contributed by atoms with Gasteiger partial charge in [-0.3, -0.25) is 4.79 Å². The van der Waals surface area contributed by atoms with Gasteiger partial charge in [0.15, 0.2) is 5.75 Å². The summed E-state index contributed by atoms with van der Waals surface area (Å²) in [6.07, 6.45) is 4.83. The van der Waals surface area contributed by atoms with Crippen LogP contribution in [0.25, 0.3) is 11.1 Å². The van der Waals surface area contributed by atoms with E-state index in [9.17, 15) is 15.0 Å². The van der Waals surface area contributed by atoms with Gasteiger partial charge in [0.1, 0.15) is 11.4 Å². The highest BCUT2D eigenvalue weighted by atomic mass is 16.3. The molecule has 5 N–H and O–H groups in total. The molecule has 0 aliphatic carbocycles. The van der Waals surface area contributed by atoms with Gasteiger partial charge in [0, 0.05) is 11.1 Å². The normalized spacial score (nSPS) is 11.5. The lowest BCUT2D eigenvalue weighted by Gasteiger charge is -2.18. The highest BCUT2D eigenvalue weighted by Crippen LogP contribution is 2.44. The Balaban J connectivity index is 1.97. The number of nitrogens with one attached hydrogen (secondary N) is 1. The number of hydrogen-bond acceptors (Lipinski definition) is 4. The van der Waals surface area contributed by atoms with Crippen molar-refractivity contribution >= 4 is 11.6 Å². The van der Waals surface area contributed by atoms with Crippen LogP contribution in [0.2, 0.25) is 0 Å². The van der Waals surface area contributed by atoms with Crippen LogP contribution in [0.4, 0.5) is 5.69 Å². The van der Waals surface area contributed by atoms with E-state index in [2.05, 4.69) is 18.5 Å². The number of amides is 1. The zero-order valence-corrected chi connectivity index (χ0v) is 17.9. The Morgan fingerprint density at radius 3 is 2.31 bits per heavy atom. The Kier molecular flexibility index (Phi) is 7.47. The minimum Gasteiger partial charge on any atom is -0.505 e. The van der Waals surface area contributed by atoms with E-state index in [0.29, 0.717) is 30.4 Å². The second-order valence-electron chi connectivity index (χ2n) is 7.63. The summed E-state index contributed by atoms with van der Waals surface area (Å²) in [7, 11) is 0. The van der Waals surface area contributed by atoms with Crippen molar-refractivity contribution in [2.45, 2.75) is 25.3 Å². The van der Waals surface area contributed by atoms with Crippen molar-refractivity contribution in [1.82, 2.24) is 0 Å². The molecule has 0 saturated heterocycles. The van der Waals surface area contributed by atoms with E-state index in [4.69, 9.17) is 5.73 Å². The number of anilines is 1. The summed E-state index contributed by atoms with van der Waals surface area (Å²) >= 11 is 0. The van der Waals surface area contributed by atoms with Crippen molar-refractivity contribution in [2.24, 2.45) is 5.73 Å². The molecule has 3 rings (SSSR count). The number of rotatable bonds is 9.